The minimum absolute atomic E-state index is 0.530. The minimum Gasteiger partial charge on any atom is -0.317 e. The van der Waals surface area contributed by atoms with E-state index in [0.717, 1.165) is 42.5 Å². The number of fused-ring (bicyclic) bond motifs is 3. The fraction of sp³-hybridized carbons (Fsp3) is 0.385. The largest absolute Gasteiger partial charge is 0.317 e. The predicted molar refractivity (Wildman–Crippen MR) is 70.6 cm³/mol. The number of nitrogens with zero attached hydrogens (tertiary/aromatic N) is 2. The molecule has 3 aromatic heterocycles. The lowest BCUT2D eigenvalue weighted by molar-refractivity contribution is 0.456. The van der Waals surface area contributed by atoms with Crippen molar-refractivity contribution in [1.82, 2.24) is 25.5 Å². The summed E-state index contributed by atoms with van der Waals surface area (Å²) in [5, 5.41) is 12.0. The lowest BCUT2D eigenvalue weighted by atomic mass is 9.93. The standard InChI is InChI=1S/C13H15N5/c1-4-14-5-2-8(1)11-12-10(7-16-18-12)9-3-6-15-13(9)17-11/h3,6-8,14,16,18H,1-2,4-5H2. The highest BCUT2D eigenvalue weighted by atomic mass is 15.1. The van der Waals surface area contributed by atoms with Crippen molar-refractivity contribution < 1.29 is 0 Å². The van der Waals surface area contributed by atoms with Crippen molar-refractivity contribution in [2.45, 2.75) is 18.8 Å². The average Bonchev–Trinajstić information content (AvgIpc) is 3.06. The monoisotopic (exact) mass is 241 g/mol. The van der Waals surface area contributed by atoms with E-state index in [-0.39, 0.29) is 0 Å². The second-order valence-corrected chi connectivity index (χ2v) is 4.91. The van der Waals surface area contributed by atoms with Gasteiger partial charge in [0.25, 0.3) is 0 Å². The topological polar surface area (TPSA) is 69.4 Å². The molecule has 4 heterocycles. The molecular weight excluding hydrogens is 226 g/mol. The number of H-pyrrole nitrogens is 2. The number of piperidine rings is 1. The summed E-state index contributed by atoms with van der Waals surface area (Å²) in [6.45, 7) is 2.15. The molecular formula is C13H15N5. The van der Waals surface area contributed by atoms with Gasteiger partial charge < -0.3 is 10.4 Å². The molecule has 1 fully saturated rings. The zero-order valence-corrected chi connectivity index (χ0v) is 10.0. The summed E-state index contributed by atoms with van der Waals surface area (Å²) >= 11 is 0. The summed E-state index contributed by atoms with van der Waals surface area (Å²) < 4.78 is 0. The first-order valence-electron chi connectivity index (χ1n) is 6.44. The van der Waals surface area contributed by atoms with Crippen LogP contribution in [0.2, 0.25) is 0 Å². The highest BCUT2D eigenvalue weighted by molar-refractivity contribution is 6.04. The fourth-order valence-corrected chi connectivity index (χ4v) is 2.92. The molecule has 92 valence electrons. The molecule has 3 aromatic rings. The van der Waals surface area contributed by atoms with Crippen LogP contribution in [0.5, 0.6) is 0 Å². The van der Waals surface area contributed by atoms with E-state index in [9.17, 15) is 0 Å². The number of aromatic amines is 2. The van der Waals surface area contributed by atoms with Crippen molar-refractivity contribution in [3.05, 3.63) is 24.2 Å². The second kappa shape index (κ2) is 3.81. The zero-order chi connectivity index (χ0) is 11.9. The van der Waals surface area contributed by atoms with Crippen LogP contribution in [0.3, 0.4) is 0 Å². The second-order valence-electron chi connectivity index (χ2n) is 4.91. The molecule has 1 saturated heterocycles. The van der Waals surface area contributed by atoms with E-state index < -0.39 is 0 Å². The van der Waals surface area contributed by atoms with E-state index >= 15 is 0 Å². The summed E-state index contributed by atoms with van der Waals surface area (Å²) in [5.74, 6) is 0.530. The summed E-state index contributed by atoms with van der Waals surface area (Å²) in [6, 6.07) is 2.03. The molecule has 5 heteroatoms. The maximum atomic E-state index is 4.77. The summed E-state index contributed by atoms with van der Waals surface area (Å²) in [7, 11) is 0. The molecule has 4 rings (SSSR count). The van der Waals surface area contributed by atoms with E-state index in [1.807, 2.05) is 18.5 Å². The number of aromatic nitrogens is 4. The van der Waals surface area contributed by atoms with Crippen LogP contribution in [0, 0.1) is 0 Å². The van der Waals surface area contributed by atoms with Gasteiger partial charge in [0.05, 0.1) is 11.2 Å². The smallest absolute Gasteiger partial charge is 0.160 e. The Kier molecular flexibility index (Phi) is 2.14. The van der Waals surface area contributed by atoms with Crippen molar-refractivity contribution in [1.29, 1.82) is 0 Å². The van der Waals surface area contributed by atoms with Crippen molar-refractivity contribution in [2.75, 3.05) is 13.1 Å². The van der Waals surface area contributed by atoms with E-state index in [0.29, 0.717) is 5.92 Å². The Hall–Kier alpha value is -1.88. The maximum absolute atomic E-state index is 4.77. The quantitative estimate of drug-likeness (QED) is 0.609. The third-order valence-corrected chi connectivity index (χ3v) is 3.86. The van der Waals surface area contributed by atoms with Crippen molar-refractivity contribution in [2.24, 2.45) is 0 Å². The van der Waals surface area contributed by atoms with Crippen LogP contribution in [0.15, 0.2) is 18.5 Å². The van der Waals surface area contributed by atoms with Gasteiger partial charge in [-0.25, -0.2) is 9.97 Å². The maximum Gasteiger partial charge on any atom is 0.160 e. The van der Waals surface area contributed by atoms with Gasteiger partial charge in [0.2, 0.25) is 0 Å². The molecule has 0 unspecified atom stereocenters. The molecule has 0 amide bonds. The molecule has 1 aliphatic rings. The number of hydrogen-bond donors (Lipinski definition) is 3. The van der Waals surface area contributed by atoms with E-state index in [1.54, 1.807) is 0 Å². The van der Waals surface area contributed by atoms with Gasteiger partial charge in [-0.3, -0.25) is 5.10 Å². The molecule has 0 radical (unpaired) electrons. The minimum atomic E-state index is 0.530. The van der Waals surface area contributed by atoms with Crippen molar-refractivity contribution in [3.8, 4) is 0 Å². The van der Waals surface area contributed by atoms with Gasteiger partial charge >= 0.3 is 0 Å². The van der Waals surface area contributed by atoms with Gasteiger partial charge in [-0.2, -0.15) is 0 Å². The van der Waals surface area contributed by atoms with Crippen LogP contribution >= 0.6 is 0 Å². The zero-order valence-electron chi connectivity index (χ0n) is 10.0. The molecule has 1 aliphatic heterocycles. The summed E-state index contributed by atoms with van der Waals surface area (Å²) in [6.07, 6.45) is 6.13. The van der Waals surface area contributed by atoms with Gasteiger partial charge in [-0.15, -0.1) is 0 Å². The number of rotatable bonds is 1. The Morgan fingerprint density at radius 1 is 1.17 bits per heavy atom. The normalized spacial score (nSPS) is 17.8. The van der Waals surface area contributed by atoms with Gasteiger partial charge in [-0.05, 0) is 32.0 Å². The first-order chi connectivity index (χ1) is 8.93. The van der Waals surface area contributed by atoms with Crippen LogP contribution in [0.4, 0.5) is 0 Å². The van der Waals surface area contributed by atoms with E-state index in [2.05, 4.69) is 20.5 Å². The fourth-order valence-electron chi connectivity index (χ4n) is 2.92. The highest BCUT2D eigenvalue weighted by Gasteiger charge is 2.21. The van der Waals surface area contributed by atoms with Gasteiger partial charge in [0, 0.05) is 29.1 Å². The van der Waals surface area contributed by atoms with Gasteiger partial charge in [0.15, 0.2) is 5.65 Å². The average molecular weight is 241 g/mol. The van der Waals surface area contributed by atoms with E-state index in [4.69, 9.17) is 4.98 Å². The van der Waals surface area contributed by atoms with Gasteiger partial charge in [0.1, 0.15) is 0 Å². The van der Waals surface area contributed by atoms with E-state index in [1.165, 1.54) is 11.1 Å². The van der Waals surface area contributed by atoms with Crippen LogP contribution in [0.25, 0.3) is 21.9 Å². The van der Waals surface area contributed by atoms with Crippen LogP contribution in [-0.4, -0.2) is 33.3 Å². The first-order valence-corrected chi connectivity index (χ1v) is 6.44. The highest BCUT2D eigenvalue weighted by Crippen LogP contribution is 2.32. The molecule has 0 atom stereocenters. The third-order valence-electron chi connectivity index (χ3n) is 3.86. The number of nitrogens with one attached hydrogen (secondary N) is 3. The van der Waals surface area contributed by atoms with Crippen molar-refractivity contribution in [3.63, 3.8) is 0 Å². The summed E-state index contributed by atoms with van der Waals surface area (Å²) in [4.78, 5) is 9.12. The molecule has 0 saturated carbocycles. The lowest BCUT2D eigenvalue weighted by Gasteiger charge is -2.22. The first kappa shape index (κ1) is 10.1. The molecule has 0 bridgehead atoms. The van der Waals surface area contributed by atoms with Crippen LogP contribution < -0.4 is 5.32 Å². The molecule has 18 heavy (non-hydrogen) atoms. The number of hydrogen-bond acceptors (Lipinski definition) is 3. The predicted octanol–water partition coefficient (Wildman–Crippen LogP) is 1.91. The van der Waals surface area contributed by atoms with Gasteiger partial charge in [-0.1, -0.05) is 0 Å². The third kappa shape index (κ3) is 1.37. The molecule has 0 aromatic carbocycles. The van der Waals surface area contributed by atoms with Crippen LogP contribution in [0.1, 0.15) is 24.5 Å². The molecule has 5 nitrogen and oxygen atoms in total. The Morgan fingerprint density at radius 2 is 2.06 bits per heavy atom. The Labute approximate surface area is 104 Å². The Morgan fingerprint density at radius 3 is 2.94 bits per heavy atom. The Balaban J connectivity index is 1.97. The lowest BCUT2D eigenvalue weighted by Crippen LogP contribution is -2.27. The molecule has 0 spiro atoms. The SMILES string of the molecule is c1cc2c(n1)nc(C1CCNCC1)c1[nH][nH]cc12. The molecule has 3 N–H and O–H groups in total. The Bertz CT molecular complexity index is 690. The van der Waals surface area contributed by atoms with Crippen molar-refractivity contribution >= 4 is 21.9 Å². The summed E-state index contributed by atoms with van der Waals surface area (Å²) in [5.41, 5.74) is 3.17. The molecule has 0 aliphatic carbocycles. The van der Waals surface area contributed by atoms with Crippen LogP contribution in [-0.2, 0) is 0 Å². The number of pyridine rings is 1.